The normalized spacial score (nSPS) is 25.9. The second kappa shape index (κ2) is 6.86. The van der Waals surface area contributed by atoms with Gasteiger partial charge in [0.15, 0.2) is 0 Å². The van der Waals surface area contributed by atoms with Crippen molar-refractivity contribution < 1.29 is 12.4 Å². The first-order valence-electron chi connectivity index (χ1n) is 4.91. The van der Waals surface area contributed by atoms with E-state index >= 15 is 0 Å². The Bertz CT molecular complexity index is 220. The Morgan fingerprint density at radius 2 is 2.07 bits per heavy atom. The molecule has 1 nitrogen and oxygen atoms in total. The van der Waals surface area contributed by atoms with Gasteiger partial charge in [0.05, 0.1) is 0 Å². The SMILES string of the molecule is C=CC[C@H]1CC(C)=C[C@@H](CC=C)N1.[Cl-]. The van der Waals surface area contributed by atoms with E-state index in [1.165, 1.54) is 5.57 Å². The average molecular weight is 213 g/mol. The summed E-state index contributed by atoms with van der Waals surface area (Å²) in [6.07, 6.45) is 9.49. The second-order valence-corrected chi connectivity index (χ2v) is 3.74. The predicted octanol–water partition coefficient (Wildman–Crippen LogP) is -0.181. The average Bonchev–Trinajstić information content (AvgIpc) is 2.04. The Kier molecular flexibility index (Phi) is 6.60. The molecule has 80 valence electrons. The molecule has 0 saturated carbocycles. The standard InChI is InChI=1S/C12H19N.ClH/c1-4-6-11-8-10(3)9-12(13-11)7-5-2;/h4-5,8,11-13H,1-2,6-7,9H2,3H3;1H/p-1/t11-,12+;/m1./s1. The van der Waals surface area contributed by atoms with Crippen LogP contribution in [-0.4, -0.2) is 12.1 Å². The van der Waals surface area contributed by atoms with Crippen LogP contribution in [0, 0.1) is 0 Å². The van der Waals surface area contributed by atoms with Crippen LogP contribution in [0.4, 0.5) is 0 Å². The van der Waals surface area contributed by atoms with Crippen molar-refractivity contribution in [2.24, 2.45) is 0 Å². The third-order valence-electron chi connectivity index (χ3n) is 2.38. The van der Waals surface area contributed by atoms with Crippen LogP contribution < -0.4 is 17.7 Å². The Hall–Kier alpha value is -0.530. The molecule has 0 bridgehead atoms. The molecule has 0 aromatic rings. The number of nitrogens with one attached hydrogen (secondary N) is 1. The van der Waals surface area contributed by atoms with Crippen molar-refractivity contribution in [3.05, 3.63) is 37.0 Å². The highest BCUT2D eigenvalue weighted by molar-refractivity contribution is 5.12. The molecule has 0 spiro atoms. The zero-order chi connectivity index (χ0) is 9.68. The van der Waals surface area contributed by atoms with E-state index in [0.717, 1.165) is 19.3 Å². The number of halogens is 1. The van der Waals surface area contributed by atoms with Gasteiger partial charge < -0.3 is 17.7 Å². The molecule has 0 aromatic carbocycles. The molecule has 2 heteroatoms. The van der Waals surface area contributed by atoms with E-state index in [9.17, 15) is 0 Å². The Labute approximate surface area is 93.4 Å². The molecule has 1 heterocycles. The predicted molar refractivity (Wildman–Crippen MR) is 58.7 cm³/mol. The van der Waals surface area contributed by atoms with E-state index in [1.807, 2.05) is 12.2 Å². The highest BCUT2D eigenvalue weighted by Gasteiger charge is 2.17. The molecule has 14 heavy (non-hydrogen) atoms. The first kappa shape index (κ1) is 13.5. The van der Waals surface area contributed by atoms with Gasteiger partial charge in [-0.1, -0.05) is 23.8 Å². The largest absolute Gasteiger partial charge is 1.00 e. The van der Waals surface area contributed by atoms with E-state index in [4.69, 9.17) is 0 Å². The minimum Gasteiger partial charge on any atom is -1.00 e. The topological polar surface area (TPSA) is 12.0 Å². The van der Waals surface area contributed by atoms with E-state index in [-0.39, 0.29) is 12.4 Å². The van der Waals surface area contributed by atoms with E-state index < -0.39 is 0 Å². The minimum absolute atomic E-state index is 0. The fourth-order valence-electron chi connectivity index (χ4n) is 1.88. The first-order chi connectivity index (χ1) is 6.26. The Morgan fingerprint density at radius 3 is 2.64 bits per heavy atom. The molecule has 0 unspecified atom stereocenters. The summed E-state index contributed by atoms with van der Waals surface area (Å²) in [6, 6.07) is 1.06. The molecule has 0 amide bonds. The van der Waals surface area contributed by atoms with Gasteiger partial charge in [0, 0.05) is 12.1 Å². The first-order valence-corrected chi connectivity index (χ1v) is 4.91. The molecular weight excluding hydrogens is 194 g/mol. The van der Waals surface area contributed by atoms with Gasteiger partial charge in [-0.2, -0.15) is 0 Å². The second-order valence-electron chi connectivity index (χ2n) is 3.74. The lowest BCUT2D eigenvalue weighted by molar-refractivity contribution is -0.00000306. The van der Waals surface area contributed by atoms with E-state index in [0.29, 0.717) is 12.1 Å². The van der Waals surface area contributed by atoms with Crippen LogP contribution >= 0.6 is 0 Å². The molecule has 1 N–H and O–H groups in total. The summed E-state index contributed by atoms with van der Waals surface area (Å²) in [7, 11) is 0. The summed E-state index contributed by atoms with van der Waals surface area (Å²) >= 11 is 0. The number of rotatable bonds is 4. The number of hydrogen-bond acceptors (Lipinski definition) is 1. The van der Waals surface area contributed by atoms with Crippen LogP contribution in [0.15, 0.2) is 37.0 Å². The van der Waals surface area contributed by atoms with Gasteiger partial charge in [0.1, 0.15) is 0 Å². The molecule has 1 rings (SSSR count). The third kappa shape index (κ3) is 4.12. The Balaban J connectivity index is 0.00000169. The maximum Gasteiger partial charge on any atom is 0.0289 e. The van der Waals surface area contributed by atoms with Gasteiger partial charge in [0.2, 0.25) is 0 Å². The third-order valence-corrected chi connectivity index (χ3v) is 2.38. The summed E-state index contributed by atoms with van der Waals surface area (Å²) in [6.45, 7) is 9.73. The minimum atomic E-state index is 0. The lowest BCUT2D eigenvalue weighted by Gasteiger charge is -2.28. The fraction of sp³-hybridized carbons (Fsp3) is 0.500. The van der Waals surface area contributed by atoms with Crippen molar-refractivity contribution in [3.63, 3.8) is 0 Å². The fourth-order valence-corrected chi connectivity index (χ4v) is 1.88. The molecule has 0 aliphatic carbocycles. The van der Waals surface area contributed by atoms with Gasteiger partial charge in [-0.3, -0.25) is 0 Å². The molecule has 0 aromatic heterocycles. The van der Waals surface area contributed by atoms with E-state index in [2.05, 4.69) is 31.5 Å². The van der Waals surface area contributed by atoms with Crippen LogP contribution in [0.2, 0.25) is 0 Å². The van der Waals surface area contributed by atoms with Crippen LogP contribution in [0.25, 0.3) is 0 Å². The zero-order valence-corrected chi connectivity index (χ0v) is 9.56. The van der Waals surface area contributed by atoms with Crippen molar-refractivity contribution in [3.8, 4) is 0 Å². The highest BCUT2D eigenvalue weighted by Crippen LogP contribution is 2.17. The Morgan fingerprint density at radius 1 is 1.43 bits per heavy atom. The van der Waals surface area contributed by atoms with Crippen LogP contribution in [0.5, 0.6) is 0 Å². The molecule has 1 aliphatic rings. The summed E-state index contributed by atoms with van der Waals surface area (Å²) in [5.41, 5.74) is 1.48. The monoisotopic (exact) mass is 212 g/mol. The summed E-state index contributed by atoms with van der Waals surface area (Å²) in [5.74, 6) is 0. The van der Waals surface area contributed by atoms with Gasteiger partial charge in [-0.25, -0.2) is 0 Å². The molecule has 0 saturated heterocycles. The maximum absolute atomic E-state index is 3.77. The van der Waals surface area contributed by atoms with Crippen molar-refractivity contribution in [2.75, 3.05) is 0 Å². The van der Waals surface area contributed by atoms with E-state index in [1.54, 1.807) is 0 Å². The van der Waals surface area contributed by atoms with Crippen molar-refractivity contribution >= 4 is 0 Å². The molecule has 1 aliphatic heterocycles. The quantitative estimate of drug-likeness (QED) is 0.638. The molecule has 0 fully saturated rings. The highest BCUT2D eigenvalue weighted by atomic mass is 35.5. The molecule has 0 radical (unpaired) electrons. The van der Waals surface area contributed by atoms with Crippen molar-refractivity contribution in [1.29, 1.82) is 0 Å². The van der Waals surface area contributed by atoms with Gasteiger partial charge >= 0.3 is 0 Å². The maximum atomic E-state index is 3.77. The van der Waals surface area contributed by atoms with Crippen LogP contribution in [0.1, 0.15) is 26.2 Å². The van der Waals surface area contributed by atoms with Crippen molar-refractivity contribution in [2.45, 2.75) is 38.3 Å². The molecule has 2 atom stereocenters. The smallest absolute Gasteiger partial charge is 0.0289 e. The molecular formula is C12H19ClN-. The summed E-state index contributed by atoms with van der Waals surface area (Å²) in [4.78, 5) is 0. The van der Waals surface area contributed by atoms with Crippen LogP contribution in [0.3, 0.4) is 0 Å². The van der Waals surface area contributed by atoms with Crippen molar-refractivity contribution in [1.82, 2.24) is 5.32 Å². The lowest BCUT2D eigenvalue weighted by Crippen LogP contribution is -3.00. The summed E-state index contributed by atoms with van der Waals surface area (Å²) in [5, 5.41) is 3.57. The van der Waals surface area contributed by atoms with Gasteiger partial charge in [-0.15, -0.1) is 13.2 Å². The zero-order valence-electron chi connectivity index (χ0n) is 8.80. The van der Waals surface area contributed by atoms with Gasteiger partial charge in [-0.05, 0) is 26.2 Å². The van der Waals surface area contributed by atoms with Crippen LogP contribution in [-0.2, 0) is 0 Å². The van der Waals surface area contributed by atoms with Gasteiger partial charge in [0.25, 0.3) is 0 Å². The lowest BCUT2D eigenvalue weighted by atomic mass is 9.95. The number of hydrogen-bond donors (Lipinski definition) is 1. The summed E-state index contributed by atoms with van der Waals surface area (Å²) < 4.78 is 0.